The van der Waals surface area contributed by atoms with Crippen molar-refractivity contribution in [3.05, 3.63) is 413 Å². The van der Waals surface area contributed by atoms with Crippen LogP contribution in [-0.2, 0) is 0 Å². The van der Waals surface area contributed by atoms with Crippen molar-refractivity contribution in [1.29, 1.82) is 0 Å². The van der Waals surface area contributed by atoms with Gasteiger partial charge in [0.05, 0.1) is 22.1 Å². The maximum Gasteiger partial charge on any atom is 0.135 e. The Hall–Kier alpha value is -14.5. The Morgan fingerprint density at radius 3 is 0.787 bits per heavy atom. The Morgan fingerprint density at radius 1 is 0.157 bits per heavy atom. The van der Waals surface area contributed by atoms with Crippen LogP contribution in [0.3, 0.4) is 0 Å². The summed E-state index contributed by atoms with van der Waals surface area (Å²) in [6, 6.07) is 147. The van der Waals surface area contributed by atoms with Gasteiger partial charge in [-0.15, -0.1) is 0 Å². The first-order valence-electron chi connectivity index (χ1n) is 36.8. The fraction of sp³-hybridized carbons (Fsp3) is 0. The average Bonchev–Trinajstić information content (AvgIpc) is 1.59. The van der Waals surface area contributed by atoms with Gasteiger partial charge >= 0.3 is 0 Å². The fourth-order valence-corrected chi connectivity index (χ4v) is 16.0. The van der Waals surface area contributed by atoms with Crippen LogP contribution in [0.2, 0.25) is 0 Å². The van der Waals surface area contributed by atoms with E-state index in [1.165, 1.54) is 77.0 Å². The summed E-state index contributed by atoms with van der Waals surface area (Å²) in [5.74, 6) is 0. The minimum Gasteiger partial charge on any atom is -0.456 e. The summed E-state index contributed by atoms with van der Waals surface area (Å²) in [5.41, 5.74) is 28.8. The second-order valence-corrected chi connectivity index (χ2v) is 27.6. The molecule has 0 aliphatic heterocycles. The molecule has 21 rings (SSSR count). The fourth-order valence-electron chi connectivity index (χ4n) is 16.0. The van der Waals surface area contributed by atoms with Crippen molar-refractivity contribution < 1.29 is 8.83 Å². The van der Waals surface area contributed by atoms with Crippen molar-refractivity contribution >= 4 is 122 Å². The maximum absolute atomic E-state index is 6.45. The predicted molar refractivity (Wildman–Crippen MR) is 453 cm³/mol. The predicted octanol–water partition coefficient (Wildman–Crippen LogP) is 28.6. The first-order chi connectivity index (χ1) is 53.5. The smallest absolute Gasteiger partial charge is 0.135 e. The van der Waals surface area contributed by atoms with Gasteiger partial charge in [-0.2, -0.15) is 0 Å². The van der Waals surface area contributed by atoms with Gasteiger partial charge in [-0.25, -0.2) is 0 Å². The van der Waals surface area contributed by atoms with Gasteiger partial charge in [0.15, 0.2) is 0 Å². The van der Waals surface area contributed by atoms with E-state index < -0.39 is 0 Å². The zero-order valence-electron chi connectivity index (χ0n) is 58.9. The average molecular weight is 1380 g/mol. The normalized spacial score (nSPS) is 11.5. The quantitative estimate of drug-likeness (QED) is 0.115. The first kappa shape index (κ1) is 63.2. The summed E-state index contributed by atoms with van der Waals surface area (Å²) in [6.07, 6.45) is 0. The van der Waals surface area contributed by atoms with E-state index in [0.29, 0.717) is 0 Å². The van der Waals surface area contributed by atoms with Crippen molar-refractivity contribution in [1.82, 2.24) is 9.13 Å². The molecule has 0 bridgehead atoms. The number of hydrogen-bond donors (Lipinski definition) is 0. The van der Waals surface area contributed by atoms with Gasteiger partial charge in [-0.3, -0.25) is 0 Å². The third-order valence-electron chi connectivity index (χ3n) is 21.1. The van der Waals surface area contributed by atoms with Crippen molar-refractivity contribution in [2.75, 3.05) is 9.80 Å². The largest absolute Gasteiger partial charge is 0.456 e. The molecule has 0 aliphatic carbocycles. The van der Waals surface area contributed by atoms with E-state index in [2.05, 4.69) is 431 Å². The zero-order valence-corrected chi connectivity index (χ0v) is 58.9. The summed E-state index contributed by atoms with van der Waals surface area (Å²) < 4.78 is 17.5. The number of hydrogen-bond acceptors (Lipinski definition) is 4. The second kappa shape index (κ2) is 27.0. The molecule has 0 aliphatic rings. The van der Waals surface area contributed by atoms with E-state index in [0.717, 1.165) is 112 Å². The standard InChI is InChI=1S/C54H36N2O.C48H32N2O/c1-3-14-37(15-4-1)39-18-11-21-43(32-39)55(44-22-12-19-40(33-44)38-16-5-2-6-17-38)45-23-13-20-41(34-45)42-28-30-53-49(35-42)50-36-46(29-31-54(50)57-53)56-51-26-9-7-24-47(51)48-25-8-10-27-52(48)56;1-3-11-33(12-4-1)34-19-24-38(25-20-34)49(37-13-5-2-6-14-37)39-26-21-35(22-27-39)36-23-29-47-43(31-36)44-32-40(28-30-48(44)51-47)50-45-17-9-7-15-41(45)42-16-8-10-18-46(42)50/h1-36H;1-32H. The highest BCUT2D eigenvalue weighted by molar-refractivity contribution is 6.13. The van der Waals surface area contributed by atoms with E-state index in [9.17, 15) is 0 Å². The Bertz CT molecular complexity index is 6720. The summed E-state index contributed by atoms with van der Waals surface area (Å²) in [7, 11) is 0. The van der Waals surface area contributed by atoms with Crippen molar-refractivity contribution in [3.8, 4) is 67.0 Å². The summed E-state index contributed by atoms with van der Waals surface area (Å²) in [6.45, 7) is 0. The van der Waals surface area contributed by atoms with Crippen LogP contribution < -0.4 is 9.80 Å². The van der Waals surface area contributed by atoms with Crippen LogP contribution in [0.1, 0.15) is 0 Å². The molecule has 0 saturated heterocycles. The third kappa shape index (κ3) is 11.5. The molecule has 21 aromatic rings. The van der Waals surface area contributed by atoms with Gasteiger partial charge in [0, 0.05) is 88.6 Å². The van der Waals surface area contributed by atoms with Crippen LogP contribution >= 0.6 is 0 Å². The van der Waals surface area contributed by atoms with Crippen LogP contribution in [0.5, 0.6) is 0 Å². The van der Waals surface area contributed by atoms with E-state index in [1.54, 1.807) is 0 Å². The van der Waals surface area contributed by atoms with E-state index >= 15 is 0 Å². The second-order valence-electron chi connectivity index (χ2n) is 27.6. The molecule has 508 valence electrons. The van der Waals surface area contributed by atoms with Crippen LogP contribution in [0.15, 0.2) is 421 Å². The first-order valence-corrected chi connectivity index (χ1v) is 36.8. The Balaban J connectivity index is 0.000000143. The maximum atomic E-state index is 6.45. The van der Waals surface area contributed by atoms with Crippen molar-refractivity contribution in [2.45, 2.75) is 0 Å². The molecule has 0 atom stereocenters. The highest BCUT2D eigenvalue weighted by Gasteiger charge is 2.21. The highest BCUT2D eigenvalue weighted by atomic mass is 16.3. The topological polar surface area (TPSA) is 42.6 Å². The monoisotopic (exact) mass is 1380 g/mol. The highest BCUT2D eigenvalue weighted by Crippen LogP contribution is 2.44. The molecule has 4 aromatic heterocycles. The number of nitrogens with zero attached hydrogens (tertiary/aromatic N) is 4. The summed E-state index contributed by atoms with van der Waals surface area (Å²) in [4.78, 5) is 4.67. The molecular formula is C102H68N4O2. The Kier molecular flexibility index (Phi) is 15.8. The summed E-state index contributed by atoms with van der Waals surface area (Å²) in [5, 5.41) is 9.42. The molecule has 4 heterocycles. The Labute approximate surface area is 625 Å². The molecule has 0 N–H and O–H groups in total. The van der Waals surface area contributed by atoms with E-state index in [-0.39, 0.29) is 0 Å². The molecule has 6 nitrogen and oxygen atoms in total. The molecule has 0 saturated carbocycles. The molecule has 0 spiro atoms. The lowest BCUT2D eigenvalue weighted by molar-refractivity contribution is 0.668. The summed E-state index contributed by atoms with van der Waals surface area (Å²) >= 11 is 0. The van der Waals surface area contributed by atoms with Gasteiger partial charge in [-0.05, 0) is 213 Å². The van der Waals surface area contributed by atoms with Crippen molar-refractivity contribution in [2.24, 2.45) is 0 Å². The van der Waals surface area contributed by atoms with Crippen LogP contribution in [0, 0.1) is 0 Å². The lowest BCUT2D eigenvalue weighted by Gasteiger charge is -2.27. The Morgan fingerprint density at radius 2 is 0.398 bits per heavy atom. The van der Waals surface area contributed by atoms with E-state index in [1.807, 2.05) is 0 Å². The van der Waals surface area contributed by atoms with Gasteiger partial charge in [0.25, 0.3) is 0 Å². The molecular weight excluding hydrogens is 1310 g/mol. The lowest BCUT2D eigenvalue weighted by atomic mass is 10.0. The molecule has 17 aromatic carbocycles. The SMILES string of the molecule is c1ccc(-c2ccc(N(c3ccccc3)c3ccc(-c4ccc5oc6ccc(-n7c8ccccc8c8ccccc87)cc6c5c4)cc3)cc2)cc1.c1ccc(-c2cccc(N(c3cccc(-c4ccccc4)c3)c3cccc(-c4ccc5oc6ccc(-n7c8ccccc8c8ccccc87)cc6c5c4)c3)c2)cc1. The van der Waals surface area contributed by atoms with Gasteiger partial charge in [0.2, 0.25) is 0 Å². The van der Waals surface area contributed by atoms with Crippen molar-refractivity contribution in [3.63, 3.8) is 0 Å². The molecule has 0 amide bonds. The molecule has 0 unspecified atom stereocenters. The van der Waals surface area contributed by atoms with E-state index in [4.69, 9.17) is 8.83 Å². The number of rotatable bonds is 13. The molecule has 6 heteroatoms. The number of para-hydroxylation sites is 5. The molecule has 108 heavy (non-hydrogen) atoms. The minimum atomic E-state index is 0.876. The lowest BCUT2D eigenvalue weighted by Crippen LogP contribution is -2.10. The van der Waals surface area contributed by atoms with Gasteiger partial charge < -0.3 is 27.8 Å². The minimum absolute atomic E-state index is 0.876. The van der Waals surface area contributed by atoms with Crippen LogP contribution in [0.25, 0.3) is 154 Å². The number of fused-ring (bicyclic) bond motifs is 12. The molecule has 0 fully saturated rings. The van der Waals surface area contributed by atoms with Crippen LogP contribution in [-0.4, -0.2) is 9.13 Å². The van der Waals surface area contributed by atoms with Gasteiger partial charge in [0.1, 0.15) is 22.3 Å². The van der Waals surface area contributed by atoms with Crippen LogP contribution in [0.4, 0.5) is 34.1 Å². The van der Waals surface area contributed by atoms with Gasteiger partial charge in [-0.1, -0.05) is 255 Å². The molecule has 0 radical (unpaired) electrons. The third-order valence-corrected chi connectivity index (χ3v) is 21.1. The zero-order chi connectivity index (χ0) is 71.4. The number of anilines is 6. The number of benzene rings is 17. The number of furan rings is 2. The number of aromatic nitrogens is 2.